The molecule has 3 heteroatoms. The lowest BCUT2D eigenvalue weighted by Crippen LogP contribution is -1.97. The summed E-state index contributed by atoms with van der Waals surface area (Å²) in [5.74, 6) is 2.38. The highest BCUT2D eigenvalue weighted by atomic mass is 15.0. The Morgan fingerprint density at radius 3 is 0.897 bits per heavy atom. The molecule has 0 aliphatic rings. The summed E-state index contributed by atoms with van der Waals surface area (Å²) in [7, 11) is 0. The van der Waals surface area contributed by atoms with Crippen LogP contribution >= 0.6 is 0 Å². The molecular weight excluding hydrogens is 354 g/mol. The Bertz CT molecular complexity index is 1160. The summed E-state index contributed by atoms with van der Waals surface area (Å²) in [5, 5.41) is 8.48. The Morgan fingerprint density at radius 2 is 0.655 bits per heavy atom. The zero-order valence-electron chi connectivity index (χ0n) is 18.3. The van der Waals surface area contributed by atoms with Gasteiger partial charge in [0.05, 0.1) is 0 Å². The number of hydrogen-bond acceptors (Lipinski definition) is 3. The van der Waals surface area contributed by atoms with Gasteiger partial charge >= 0.3 is 0 Å². The van der Waals surface area contributed by atoms with Crippen LogP contribution in [-0.2, 0) is 0 Å². The van der Waals surface area contributed by atoms with Gasteiger partial charge in [0, 0.05) is 0 Å². The van der Waals surface area contributed by atoms with Crippen LogP contribution in [0.2, 0.25) is 0 Å². The van der Waals surface area contributed by atoms with E-state index in [1.807, 2.05) is 20.8 Å². The van der Waals surface area contributed by atoms with Gasteiger partial charge in [0.2, 0.25) is 0 Å². The van der Waals surface area contributed by atoms with Crippen molar-refractivity contribution in [3.63, 3.8) is 0 Å². The molecule has 4 aromatic carbocycles. The number of nitrogens with zero attached hydrogens (tertiary/aromatic N) is 3. The first kappa shape index (κ1) is 19.3. The zero-order chi connectivity index (χ0) is 20.9. The number of hydrogen-bond donors (Lipinski definition) is 0. The van der Waals surface area contributed by atoms with Gasteiger partial charge in [0.1, 0.15) is 17.5 Å². The van der Waals surface area contributed by atoms with Crippen LogP contribution in [0.5, 0.6) is 0 Å². The van der Waals surface area contributed by atoms with Crippen LogP contribution in [0.1, 0.15) is 39.7 Å². The molecule has 1 heterocycles. The van der Waals surface area contributed by atoms with E-state index in [-0.39, 0.29) is 0 Å². The molecule has 0 atom stereocenters. The average molecular weight is 382 g/mol. The van der Waals surface area contributed by atoms with Gasteiger partial charge in [-0.05, 0) is 103 Å². The molecule has 0 aliphatic carbocycles. The Kier molecular flexibility index (Phi) is 4.70. The van der Waals surface area contributed by atoms with Gasteiger partial charge in [-0.2, -0.15) is 0 Å². The smallest absolute Gasteiger partial charge is 0.129 e. The lowest BCUT2D eigenvalue weighted by atomic mass is 9.87. The second kappa shape index (κ2) is 7.07. The van der Waals surface area contributed by atoms with Crippen LogP contribution < -0.4 is 0 Å². The van der Waals surface area contributed by atoms with E-state index in [2.05, 4.69) is 79.0 Å². The van der Waals surface area contributed by atoms with Crippen molar-refractivity contribution in [1.82, 2.24) is 15.0 Å². The van der Waals surface area contributed by atoms with E-state index in [1.54, 1.807) is 0 Å². The maximum atomic E-state index is 4.01. The second-order valence-corrected chi connectivity index (χ2v) is 8.07. The lowest BCUT2D eigenvalue weighted by Gasteiger charge is -2.17. The van der Waals surface area contributed by atoms with Crippen molar-refractivity contribution in [2.75, 3.05) is 0 Å². The topological polar surface area (TPSA) is 38.7 Å². The van der Waals surface area contributed by atoms with E-state index in [4.69, 9.17) is 0 Å². The third-order valence-electron chi connectivity index (χ3n) is 5.70. The van der Waals surface area contributed by atoms with E-state index >= 15 is 0 Å². The molecule has 0 aliphatic heterocycles. The molecule has 3 nitrogen and oxygen atoms in total. The third-order valence-corrected chi connectivity index (χ3v) is 5.70. The van der Waals surface area contributed by atoms with Crippen molar-refractivity contribution in [3.8, 4) is 0 Å². The molecule has 5 aromatic rings. The van der Waals surface area contributed by atoms with E-state index in [0.717, 1.165) is 17.5 Å². The Labute approximate surface area is 172 Å². The van der Waals surface area contributed by atoms with Crippen LogP contribution in [0, 0.1) is 48.5 Å². The first-order valence-electron chi connectivity index (χ1n) is 10.1. The molecule has 0 saturated carbocycles. The fraction of sp³-hybridized carbons (Fsp3) is 0.269. The van der Waals surface area contributed by atoms with Gasteiger partial charge in [-0.25, -0.2) is 15.0 Å². The van der Waals surface area contributed by atoms with E-state index in [9.17, 15) is 0 Å². The van der Waals surface area contributed by atoms with Gasteiger partial charge in [0.25, 0.3) is 0 Å². The normalized spacial score (nSPS) is 11.3. The number of rotatable bonds is 0. The minimum Gasteiger partial charge on any atom is -0.219 e. The third kappa shape index (κ3) is 3.31. The van der Waals surface area contributed by atoms with Gasteiger partial charge in [-0.1, -0.05) is 36.4 Å². The van der Waals surface area contributed by atoms with Crippen molar-refractivity contribution in [2.24, 2.45) is 0 Å². The summed E-state index contributed by atoms with van der Waals surface area (Å²) in [6.45, 7) is 14.5. The summed E-state index contributed by atoms with van der Waals surface area (Å²) in [6.07, 6.45) is 0. The maximum absolute atomic E-state index is 4.01. The molecule has 29 heavy (non-hydrogen) atoms. The zero-order valence-corrected chi connectivity index (χ0v) is 18.3. The van der Waals surface area contributed by atoms with Crippen molar-refractivity contribution < 1.29 is 0 Å². The lowest BCUT2D eigenvalue weighted by molar-refractivity contribution is 0.875. The van der Waals surface area contributed by atoms with Crippen molar-refractivity contribution >= 4 is 32.3 Å². The second-order valence-electron chi connectivity index (χ2n) is 8.07. The highest BCUT2D eigenvalue weighted by Crippen LogP contribution is 2.39. The molecule has 0 spiro atoms. The largest absolute Gasteiger partial charge is 0.219 e. The minimum atomic E-state index is 0.792. The van der Waals surface area contributed by atoms with E-state index < -0.39 is 0 Å². The quantitative estimate of drug-likeness (QED) is 0.283. The molecule has 0 unspecified atom stereocenters. The predicted octanol–water partition coefficient (Wildman–Crippen LogP) is 6.61. The van der Waals surface area contributed by atoms with Gasteiger partial charge < -0.3 is 0 Å². The fourth-order valence-corrected chi connectivity index (χ4v) is 4.55. The number of aryl methyl sites for hydroxylation is 7. The summed E-state index contributed by atoms with van der Waals surface area (Å²) in [6, 6.07) is 13.8. The molecule has 5 rings (SSSR count). The Balaban J connectivity index is 0.000000192. The molecule has 0 amide bonds. The van der Waals surface area contributed by atoms with Crippen molar-refractivity contribution in [1.29, 1.82) is 0 Å². The fourth-order valence-electron chi connectivity index (χ4n) is 4.55. The van der Waals surface area contributed by atoms with Crippen molar-refractivity contribution in [3.05, 3.63) is 76.1 Å². The summed E-state index contributed by atoms with van der Waals surface area (Å²) >= 11 is 0. The SMILES string of the molecule is Cc1cc(C)c2ccc3c(C)cc(C)c4ccc1c2c43.Cc1nc(C)nc(C)n1. The molecule has 0 saturated heterocycles. The molecule has 1 aromatic heterocycles. The summed E-state index contributed by atoms with van der Waals surface area (Å²) in [4.78, 5) is 12.0. The number of aromatic nitrogens is 3. The average Bonchev–Trinajstić information content (AvgIpc) is 2.63. The monoisotopic (exact) mass is 381 g/mol. The van der Waals surface area contributed by atoms with E-state index in [0.29, 0.717) is 0 Å². The van der Waals surface area contributed by atoms with Gasteiger partial charge in [-0.15, -0.1) is 0 Å². The molecular formula is C26H27N3. The molecule has 0 N–H and O–H groups in total. The molecule has 0 bridgehead atoms. The van der Waals surface area contributed by atoms with Gasteiger partial charge in [0.15, 0.2) is 0 Å². The Hall–Kier alpha value is -3.07. The highest BCUT2D eigenvalue weighted by Gasteiger charge is 2.13. The van der Waals surface area contributed by atoms with E-state index in [1.165, 1.54) is 54.6 Å². The molecule has 0 radical (unpaired) electrons. The van der Waals surface area contributed by atoms with Crippen LogP contribution in [0.25, 0.3) is 32.3 Å². The van der Waals surface area contributed by atoms with Crippen LogP contribution in [-0.4, -0.2) is 15.0 Å². The number of benzene rings is 4. The van der Waals surface area contributed by atoms with Crippen molar-refractivity contribution in [2.45, 2.75) is 48.5 Å². The van der Waals surface area contributed by atoms with Gasteiger partial charge in [-0.3, -0.25) is 0 Å². The first-order chi connectivity index (χ1) is 13.8. The first-order valence-corrected chi connectivity index (χ1v) is 10.1. The summed E-state index contributed by atoms with van der Waals surface area (Å²) in [5.41, 5.74) is 5.51. The van der Waals surface area contributed by atoms with Crippen LogP contribution in [0.4, 0.5) is 0 Å². The standard InChI is InChI=1S/C20H18.C6H9N3/c1-11-9-12(2)16-7-8-18-14(4)10-13(3)17-6-5-15(11)19(16)20(17)18;1-4-7-5(2)9-6(3)8-4/h5-10H,1-4H3;1-3H3. The Morgan fingerprint density at radius 1 is 0.414 bits per heavy atom. The molecule has 146 valence electrons. The minimum absolute atomic E-state index is 0.792. The van der Waals surface area contributed by atoms with Crippen LogP contribution in [0.15, 0.2) is 36.4 Å². The predicted molar refractivity (Wildman–Crippen MR) is 123 cm³/mol. The maximum Gasteiger partial charge on any atom is 0.129 e. The van der Waals surface area contributed by atoms with Crippen LogP contribution in [0.3, 0.4) is 0 Å². The highest BCUT2D eigenvalue weighted by molar-refractivity contribution is 6.25. The molecule has 0 fully saturated rings. The summed E-state index contributed by atoms with van der Waals surface area (Å²) < 4.78 is 0.